The summed E-state index contributed by atoms with van der Waals surface area (Å²) in [5.74, 6) is -0.541. The number of nitrogens with zero attached hydrogens (tertiary/aromatic N) is 1. The highest BCUT2D eigenvalue weighted by atomic mass is 32.2. The lowest BCUT2D eigenvalue weighted by atomic mass is 9.92. The van der Waals surface area contributed by atoms with Crippen LogP contribution < -0.4 is 20.9 Å². The predicted molar refractivity (Wildman–Crippen MR) is 133 cm³/mol. The topological polar surface area (TPSA) is 112 Å². The number of hydrogen-bond acceptors (Lipinski definition) is 9. The van der Waals surface area contributed by atoms with Crippen molar-refractivity contribution in [1.29, 1.82) is 0 Å². The molecule has 4 aliphatic rings. The van der Waals surface area contributed by atoms with Crippen molar-refractivity contribution in [3.8, 4) is 5.75 Å². The van der Waals surface area contributed by atoms with Gasteiger partial charge in [-0.2, -0.15) is 13.2 Å². The SMILES string of the molecule is O=S(=O)(c1ccc(OC(F)(F)F)cc1)C1CCC2NC1N1CCC[C@H]1CCCCCC(O)(C(F)(F)F)C1NNC2O1. The van der Waals surface area contributed by atoms with E-state index < -0.39 is 70.1 Å². The molecule has 4 aliphatic heterocycles. The predicted octanol–water partition coefficient (Wildman–Crippen LogP) is 3.30. The second kappa shape index (κ2) is 11.4. The van der Waals surface area contributed by atoms with Gasteiger partial charge < -0.3 is 14.6 Å². The summed E-state index contributed by atoms with van der Waals surface area (Å²) in [6.07, 6.45) is -10.0. The number of sulfone groups is 1. The first-order valence-corrected chi connectivity index (χ1v) is 15.3. The van der Waals surface area contributed by atoms with E-state index in [4.69, 9.17) is 4.74 Å². The minimum atomic E-state index is -4.94. The van der Waals surface area contributed by atoms with Crippen molar-refractivity contribution in [3.05, 3.63) is 24.3 Å². The first-order valence-electron chi connectivity index (χ1n) is 13.8. The molecule has 4 N–H and O–H groups in total. The van der Waals surface area contributed by atoms with Gasteiger partial charge in [-0.3, -0.25) is 10.2 Å². The van der Waals surface area contributed by atoms with Crippen LogP contribution in [0, 0.1) is 0 Å². The Labute approximate surface area is 233 Å². The average Bonchev–Trinajstić information content (AvgIpc) is 3.57. The smallest absolute Gasteiger partial charge is 0.406 e. The van der Waals surface area contributed by atoms with Crippen molar-refractivity contribution in [3.63, 3.8) is 0 Å². The summed E-state index contributed by atoms with van der Waals surface area (Å²) >= 11 is 0. The van der Waals surface area contributed by atoms with Gasteiger partial charge in [0.25, 0.3) is 0 Å². The number of benzene rings is 1. The fourth-order valence-corrected chi connectivity index (χ4v) is 8.38. The highest BCUT2D eigenvalue weighted by Crippen LogP contribution is 2.41. The summed E-state index contributed by atoms with van der Waals surface area (Å²) in [5, 5.41) is 13.1. The maximum atomic E-state index is 14.0. The summed E-state index contributed by atoms with van der Waals surface area (Å²) in [4.78, 5) is 1.95. The Morgan fingerprint density at radius 1 is 0.951 bits per heavy atom. The maximum absolute atomic E-state index is 14.0. The molecule has 4 fully saturated rings. The molecule has 1 aromatic rings. The summed E-state index contributed by atoms with van der Waals surface area (Å²) in [6, 6.07) is 3.49. The minimum absolute atomic E-state index is 0.000666. The van der Waals surface area contributed by atoms with Gasteiger partial charge in [-0.15, -0.1) is 13.2 Å². The van der Waals surface area contributed by atoms with Crippen LogP contribution in [0.1, 0.15) is 57.8 Å². The van der Waals surface area contributed by atoms with E-state index in [0.717, 1.165) is 37.1 Å². The number of hydrazine groups is 1. The molecule has 6 unspecified atom stereocenters. The molecule has 4 bridgehead atoms. The van der Waals surface area contributed by atoms with E-state index in [0.29, 0.717) is 25.8 Å². The lowest BCUT2D eigenvalue weighted by molar-refractivity contribution is -0.300. The number of aliphatic hydroxyl groups is 1. The van der Waals surface area contributed by atoms with E-state index in [2.05, 4.69) is 25.8 Å². The molecule has 16 heteroatoms. The monoisotopic (exact) mass is 616 g/mol. The Morgan fingerprint density at radius 2 is 1.66 bits per heavy atom. The molecule has 4 heterocycles. The Bertz CT molecular complexity index is 1170. The van der Waals surface area contributed by atoms with Gasteiger partial charge in [0, 0.05) is 18.6 Å². The molecule has 0 saturated carbocycles. The molecule has 9 nitrogen and oxygen atoms in total. The van der Waals surface area contributed by atoms with Gasteiger partial charge in [-0.1, -0.05) is 19.3 Å². The number of fused-ring (bicyclic) bond motifs is 7. The largest absolute Gasteiger partial charge is 0.573 e. The Balaban J connectivity index is 1.42. The van der Waals surface area contributed by atoms with Gasteiger partial charge in [0.05, 0.1) is 16.3 Å². The van der Waals surface area contributed by atoms with Crippen molar-refractivity contribution in [2.75, 3.05) is 6.54 Å². The van der Waals surface area contributed by atoms with Crippen LogP contribution in [0.25, 0.3) is 0 Å². The van der Waals surface area contributed by atoms with Crippen molar-refractivity contribution in [1.82, 2.24) is 21.1 Å². The number of piperidine rings is 1. The lowest BCUT2D eigenvalue weighted by Crippen LogP contribution is -2.65. The van der Waals surface area contributed by atoms with Gasteiger partial charge >= 0.3 is 12.5 Å². The molecule has 0 amide bonds. The molecule has 0 aliphatic carbocycles. The van der Waals surface area contributed by atoms with Crippen molar-refractivity contribution in [2.24, 2.45) is 0 Å². The Kier molecular flexibility index (Phi) is 8.57. The minimum Gasteiger partial charge on any atom is -0.406 e. The van der Waals surface area contributed by atoms with E-state index >= 15 is 0 Å². The molecular weight excluding hydrogens is 582 g/mol. The number of alkyl halides is 6. The fraction of sp³-hybridized carbons (Fsp3) is 0.760. The quantitative estimate of drug-likeness (QED) is 0.380. The Hall–Kier alpha value is -1.69. The highest BCUT2D eigenvalue weighted by molar-refractivity contribution is 7.92. The third kappa shape index (κ3) is 6.33. The van der Waals surface area contributed by atoms with Crippen molar-refractivity contribution < 1.29 is 49.3 Å². The zero-order valence-corrected chi connectivity index (χ0v) is 22.9. The molecule has 0 spiro atoms. The van der Waals surface area contributed by atoms with Crippen molar-refractivity contribution >= 4 is 9.84 Å². The normalized spacial score (nSPS) is 36.0. The Morgan fingerprint density at radius 3 is 2.34 bits per heavy atom. The molecule has 1 aromatic carbocycles. The average molecular weight is 617 g/mol. The molecule has 0 aromatic heterocycles. The second-order valence-corrected chi connectivity index (χ2v) is 13.3. The highest BCUT2D eigenvalue weighted by Gasteiger charge is 2.61. The first-order chi connectivity index (χ1) is 19.2. The number of ether oxygens (including phenoxy) is 2. The summed E-state index contributed by atoms with van der Waals surface area (Å²) < 4.78 is 117. The fourth-order valence-electron chi connectivity index (χ4n) is 6.50. The molecule has 232 valence electrons. The standard InChI is InChI=1S/C25H34F6N4O5S/c26-24(27,28)23(36)13-3-1-2-5-15-6-4-14-35(15)20-19(12-11-18(32-20)21-33-34-22(23)39-21)41(37,38)17-9-7-16(8-10-17)40-25(29,30)31/h7-10,15,18-22,32-34,36H,1-6,11-14H2/t15-,18?,19?,20?,21?,22?,23?/m1/s1. The summed E-state index contributed by atoms with van der Waals surface area (Å²) in [5.41, 5.74) is 2.05. The number of hydrogen-bond donors (Lipinski definition) is 4. The van der Waals surface area contributed by atoms with Gasteiger partial charge in [0.2, 0.25) is 5.60 Å². The van der Waals surface area contributed by atoms with Gasteiger partial charge in [0.1, 0.15) is 12.0 Å². The molecule has 0 radical (unpaired) electrons. The van der Waals surface area contributed by atoms with E-state index in [1.165, 1.54) is 0 Å². The molecule has 41 heavy (non-hydrogen) atoms. The molecular formula is C25H34F6N4O5S. The second-order valence-electron chi connectivity index (χ2n) is 11.2. The van der Waals surface area contributed by atoms with Crippen LogP contribution in [0.5, 0.6) is 5.75 Å². The zero-order valence-electron chi connectivity index (χ0n) is 22.0. The molecule has 5 rings (SSSR count). The summed E-state index contributed by atoms with van der Waals surface area (Å²) in [6.45, 7) is 0.618. The van der Waals surface area contributed by atoms with E-state index in [1.807, 2.05) is 0 Å². The van der Waals surface area contributed by atoms with Crippen LogP contribution in [-0.4, -0.2) is 79.1 Å². The number of halogens is 6. The van der Waals surface area contributed by atoms with Gasteiger partial charge in [-0.25, -0.2) is 19.3 Å². The lowest BCUT2D eigenvalue weighted by Gasteiger charge is -2.45. The maximum Gasteiger partial charge on any atom is 0.573 e. The summed E-state index contributed by atoms with van der Waals surface area (Å²) in [7, 11) is -4.05. The van der Waals surface area contributed by atoms with Crippen LogP contribution in [0.15, 0.2) is 29.2 Å². The first kappa shape index (κ1) is 30.8. The van der Waals surface area contributed by atoms with Crippen LogP contribution in [0.3, 0.4) is 0 Å². The van der Waals surface area contributed by atoms with Gasteiger partial charge in [0.15, 0.2) is 16.1 Å². The van der Waals surface area contributed by atoms with E-state index in [1.54, 1.807) is 0 Å². The van der Waals surface area contributed by atoms with Crippen LogP contribution in [0.2, 0.25) is 0 Å². The third-order valence-corrected chi connectivity index (χ3v) is 10.8. The van der Waals surface area contributed by atoms with Gasteiger partial charge in [-0.05, 0) is 62.8 Å². The van der Waals surface area contributed by atoms with Crippen LogP contribution in [-0.2, 0) is 14.6 Å². The number of nitrogens with one attached hydrogen (secondary N) is 3. The molecule has 4 saturated heterocycles. The van der Waals surface area contributed by atoms with E-state index in [-0.39, 0.29) is 30.2 Å². The van der Waals surface area contributed by atoms with E-state index in [9.17, 15) is 39.9 Å². The van der Waals surface area contributed by atoms with Crippen molar-refractivity contribution in [2.45, 2.75) is 117 Å². The number of rotatable bonds is 3. The van der Waals surface area contributed by atoms with Crippen LogP contribution in [0.4, 0.5) is 26.3 Å². The zero-order chi connectivity index (χ0) is 29.6. The molecule has 7 atom stereocenters. The van der Waals surface area contributed by atoms with Crippen LogP contribution >= 0.6 is 0 Å². The third-order valence-electron chi connectivity index (χ3n) is 8.59.